The average Bonchev–Trinajstić information content (AvgIpc) is 2.49. The predicted molar refractivity (Wildman–Crippen MR) is 81.3 cm³/mol. The summed E-state index contributed by atoms with van der Waals surface area (Å²) in [5.41, 5.74) is 5.78. The largest absolute Gasteiger partial charge is 0.309 e. The fourth-order valence-corrected chi connectivity index (χ4v) is 2.27. The van der Waals surface area contributed by atoms with Gasteiger partial charge in [-0.05, 0) is 35.7 Å². The molecule has 0 saturated heterocycles. The summed E-state index contributed by atoms with van der Waals surface area (Å²) in [7, 11) is 0. The molecule has 1 heterocycles. The first kappa shape index (κ1) is 12.8. The molecule has 0 aliphatic rings. The van der Waals surface area contributed by atoms with Crippen molar-refractivity contribution in [2.24, 2.45) is 0 Å². The Morgan fingerprint density at radius 2 is 1.70 bits per heavy atom. The lowest BCUT2D eigenvalue weighted by Crippen LogP contribution is -2.13. The highest BCUT2D eigenvalue weighted by Crippen LogP contribution is 2.11. The topological polar surface area (TPSA) is 37.8 Å². The minimum Gasteiger partial charge on any atom is -0.309 e. The van der Waals surface area contributed by atoms with E-state index in [0.717, 1.165) is 24.1 Å². The molecule has 1 N–H and O–H groups in total. The predicted octanol–water partition coefficient (Wildman–Crippen LogP) is 3.23. The molecule has 3 heteroatoms. The number of rotatable bonds is 4. The SMILES string of the molecule is Cc1ccccc1CNCc1ccc2nccnc2c1. The van der Waals surface area contributed by atoms with Gasteiger partial charge >= 0.3 is 0 Å². The van der Waals surface area contributed by atoms with Crippen molar-refractivity contribution in [3.05, 3.63) is 71.5 Å². The van der Waals surface area contributed by atoms with Gasteiger partial charge < -0.3 is 5.32 Å². The summed E-state index contributed by atoms with van der Waals surface area (Å²) in [6.07, 6.45) is 3.45. The molecule has 0 amide bonds. The van der Waals surface area contributed by atoms with E-state index in [-0.39, 0.29) is 0 Å². The highest BCUT2D eigenvalue weighted by atomic mass is 14.8. The second-order valence-corrected chi connectivity index (χ2v) is 4.91. The van der Waals surface area contributed by atoms with Gasteiger partial charge in [0.2, 0.25) is 0 Å². The van der Waals surface area contributed by atoms with E-state index in [4.69, 9.17) is 0 Å². The molecular formula is C17H17N3. The zero-order valence-electron chi connectivity index (χ0n) is 11.5. The number of nitrogens with zero attached hydrogens (tertiary/aromatic N) is 2. The molecule has 0 atom stereocenters. The Hall–Kier alpha value is -2.26. The third-order valence-corrected chi connectivity index (χ3v) is 3.44. The minimum absolute atomic E-state index is 0.834. The van der Waals surface area contributed by atoms with Crippen molar-refractivity contribution in [2.75, 3.05) is 0 Å². The van der Waals surface area contributed by atoms with Gasteiger partial charge in [-0.2, -0.15) is 0 Å². The number of aromatic nitrogens is 2. The summed E-state index contributed by atoms with van der Waals surface area (Å²) in [6, 6.07) is 14.7. The Bertz CT molecular complexity index is 722. The second kappa shape index (κ2) is 5.80. The van der Waals surface area contributed by atoms with E-state index in [1.807, 2.05) is 6.07 Å². The van der Waals surface area contributed by atoms with Crippen LogP contribution in [0.3, 0.4) is 0 Å². The van der Waals surface area contributed by atoms with Crippen LogP contribution in [-0.2, 0) is 13.1 Å². The third-order valence-electron chi connectivity index (χ3n) is 3.44. The highest BCUT2D eigenvalue weighted by molar-refractivity contribution is 5.74. The lowest BCUT2D eigenvalue weighted by atomic mass is 10.1. The van der Waals surface area contributed by atoms with Crippen LogP contribution in [0, 0.1) is 6.92 Å². The zero-order valence-corrected chi connectivity index (χ0v) is 11.5. The Morgan fingerprint density at radius 1 is 0.900 bits per heavy atom. The normalized spacial score (nSPS) is 10.8. The highest BCUT2D eigenvalue weighted by Gasteiger charge is 1.99. The number of aryl methyl sites for hydroxylation is 1. The van der Waals surface area contributed by atoms with Crippen LogP contribution in [0.4, 0.5) is 0 Å². The van der Waals surface area contributed by atoms with E-state index in [0.29, 0.717) is 0 Å². The summed E-state index contributed by atoms with van der Waals surface area (Å²) >= 11 is 0. The van der Waals surface area contributed by atoms with Crippen LogP contribution >= 0.6 is 0 Å². The van der Waals surface area contributed by atoms with Gasteiger partial charge in [0.15, 0.2) is 0 Å². The summed E-state index contributed by atoms with van der Waals surface area (Å²) in [5.74, 6) is 0. The van der Waals surface area contributed by atoms with Crippen molar-refractivity contribution in [3.63, 3.8) is 0 Å². The third kappa shape index (κ3) is 2.83. The summed E-state index contributed by atoms with van der Waals surface area (Å²) in [4.78, 5) is 8.61. The first-order valence-electron chi connectivity index (χ1n) is 6.78. The van der Waals surface area contributed by atoms with Crippen LogP contribution in [0.1, 0.15) is 16.7 Å². The Balaban J connectivity index is 1.67. The van der Waals surface area contributed by atoms with Crippen molar-refractivity contribution in [1.29, 1.82) is 0 Å². The minimum atomic E-state index is 0.834. The molecule has 0 saturated carbocycles. The molecule has 100 valence electrons. The van der Waals surface area contributed by atoms with Crippen LogP contribution in [0.2, 0.25) is 0 Å². The number of benzene rings is 2. The van der Waals surface area contributed by atoms with Crippen molar-refractivity contribution < 1.29 is 0 Å². The molecule has 0 radical (unpaired) electrons. The number of hydrogen-bond donors (Lipinski definition) is 1. The van der Waals surface area contributed by atoms with Gasteiger partial charge in [-0.25, -0.2) is 0 Å². The number of fused-ring (bicyclic) bond motifs is 1. The van der Waals surface area contributed by atoms with Crippen LogP contribution in [0.5, 0.6) is 0 Å². The van der Waals surface area contributed by atoms with Crippen molar-refractivity contribution in [2.45, 2.75) is 20.0 Å². The van der Waals surface area contributed by atoms with E-state index >= 15 is 0 Å². The molecule has 0 aliphatic heterocycles. The molecule has 0 spiro atoms. The Kier molecular flexibility index (Phi) is 3.70. The zero-order chi connectivity index (χ0) is 13.8. The second-order valence-electron chi connectivity index (χ2n) is 4.91. The van der Waals surface area contributed by atoms with Crippen molar-refractivity contribution in [1.82, 2.24) is 15.3 Å². The van der Waals surface area contributed by atoms with Gasteiger partial charge in [0.1, 0.15) is 0 Å². The molecule has 0 unspecified atom stereocenters. The van der Waals surface area contributed by atoms with E-state index < -0.39 is 0 Å². The van der Waals surface area contributed by atoms with Crippen molar-refractivity contribution in [3.8, 4) is 0 Å². The van der Waals surface area contributed by atoms with Gasteiger partial charge in [-0.3, -0.25) is 9.97 Å². The first-order valence-corrected chi connectivity index (χ1v) is 6.78. The molecule has 0 fully saturated rings. The molecular weight excluding hydrogens is 246 g/mol. The van der Waals surface area contributed by atoms with Crippen LogP contribution in [0.15, 0.2) is 54.9 Å². The molecule has 20 heavy (non-hydrogen) atoms. The monoisotopic (exact) mass is 263 g/mol. The molecule has 0 bridgehead atoms. The molecule has 2 aromatic carbocycles. The summed E-state index contributed by atoms with van der Waals surface area (Å²) in [6.45, 7) is 3.86. The van der Waals surface area contributed by atoms with Gasteiger partial charge in [0, 0.05) is 25.5 Å². The molecule has 0 aliphatic carbocycles. The van der Waals surface area contributed by atoms with Crippen molar-refractivity contribution >= 4 is 11.0 Å². The maximum absolute atomic E-state index is 4.33. The molecule has 3 rings (SSSR count). The van der Waals surface area contributed by atoms with Gasteiger partial charge in [-0.15, -0.1) is 0 Å². The summed E-state index contributed by atoms with van der Waals surface area (Å²) < 4.78 is 0. The standard InChI is InChI=1S/C17H17N3/c1-13-4-2-3-5-15(13)12-18-11-14-6-7-16-17(10-14)20-9-8-19-16/h2-10,18H,11-12H2,1H3. The van der Waals surface area contributed by atoms with E-state index in [9.17, 15) is 0 Å². The first-order chi connectivity index (χ1) is 9.83. The van der Waals surface area contributed by atoms with Gasteiger partial charge in [-0.1, -0.05) is 30.3 Å². The molecule has 3 aromatic rings. The lowest BCUT2D eigenvalue weighted by Gasteiger charge is -2.08. The summed E-state index contributed by atoms with van der Waals surface area (Å²) in [5, 5.41) is 3.48. The number of nitrogens with one attached hydrogen (secondary N) is 1. The van der Waals surface area contributed by atoms with Crippen LogP contribution in [-0.4, -0.2) is 9.97 Å². The van der Waals surface area contributed by atoms with E-state index in [1.54, 1.807) is 12.4 Å². The van der Waals surface area contributed by atoms with Crippen LogP contribution in [0.25, 0.3) is 11.0 Å². The Labute approximate surface area is 118 Å². The quantitative estimate of drug-likeness (QED) is 0.785. The van der Waals surface area contributed by atoms with Gasteiger partial charge in [0.05, 0.1) is 11.0 Å². The fraction of sp³-hybridized carbons (Fsp3) is 0.176. The number of hydrogen-bond acceptors (Lipinski definition) is 3. The maximum atomic E-state index is 4.33. The molecule has 3 nitrogen and oxygen atoms in total. The fourth-order valence-electron chi connectivity index (χ4n) is 2.27. The van der Waals surface area contributed by atoms with Crippen LogP contribution < -0.4 is 5.32 Å². The molecule has 1 aromatic heterocycles. The lowest BCUT2D eigenvalue weighted by molar-refractivity contribution is 0.691. The van der Waals surface area contributed by atoms with Gasteiger partial charge in [0.25, 0.3) is 0 Å². The van der Waals surface area contributed by atoms with E-state index in [2.05, 4.69) is 58.6 Å². The average molecular weight is 263 g/mol. The maximum Gasteiger partial charge on any atom is 0.0890 e. The Morgan fingerprint density at radius 3 is 2.55 bits per heavy atom. The van der Waals surface area contributed by atoms with E-state index in [1.165, 1.54) is 16.7 Å². The smallest absolute Gasteiger partial charge is 0.0890 e.